The quantitative estimate of drug-likeness (QED) is 0.841. The number of para-hydroxylation sites is 1. The number of hydrogen-bond acceptors (Lipinski definition) is 4. The van der Waals surface area contributed by atoms with Crippen LogP contribution < -0.4 is 10.2 Å². The Kier molecular flexibility index (Phi) is 4.97. The molecule has 1 aliphatic rings. The number of benzene rings is 1. The molecular weight excluding hydrogens is 304 g/mol. The van der Waals surface area contributed by atoms with Gasteiger partial charge in [-0.25, -0.2) is 0 Å². The van der Waals surface area contributed by atoms with Crippen LogP contribution in [0.4, 0.5) is 5.69 Å². The molecular formula is C18H24N4O2. The Bertz CT molecular complexity index is 711. The zero-order chi connectivity index (χ0) is 17.1. The van der Waals surface area contributed by atoms with Crippen molar-refractivity contribution in [3.8, 4) is 0 Å². The average molecular weight is 328 g/mol. The van der Waals surface area contributed by atoms with Gasteiger partial charge in [0.15, 0.2) is 0 Å². The molecule has 6 heteroatoms. The van der Waals surface area contributed by atoms with Crippen molar-refractivity contribution in [3.05, 3.63) is 47.3 Å². The van der Waals surface area contributed by atoms with Gasteiger partial charge in [-0.3, -0.25) is 9.48 Å². The number of aliphatic hydroxyl groups excluding tert-OH is 1. The molecule has 1 unspecified atom stereocenters. The van der Waals surface area contributed by atoms with Crippen LogP contribution in [-0.2, 0) is 17.9 Å². The maximum Gasteiger partial charge on any atom is 0.244 e. The molecule has 2 heterocycles. The van der Waals surface area contributed by atoms with Gasteiger partial charge in [0.1, 0.15) is 0 Å². The second-order valence-corrected chi connectivity index (χ2v) is 6.14. The molecule has 2 aromatic rings. The predicted octanol–water partition coefficient (Wildman–Crippen LogP) is 1.39. The van der Waals surface area contributed by atoms with E-state index in [1.54, 1.807) is 0 Å². The van der Waals surface area contributed by atoms with Gasteiger partial charge in [0.05, 0.1) is 24.9 Å². The average Bonchev–Trinajstić information content (AvgIpc) is 3.08. The lowest BCUT2D eigenvalue weighted by atomic mass is 10.1. The van der Waals surface area contributed by atoms with Gasteiger partial charge < -0.3 is 15.3 Å². The maximum absolute atomic E-state index is 12.6. The highest BCUT2D eigenvalue weighted by Gasteiger charge is 2.32. The second kappa shape index (κ2) is 7.15. The lowest BCUT2D eigenvalue weighted by Crippen LogP contribution is -2.38. The molecule has 1 fully saturated rings. The zero-order valence-electron chi connectivity index (χ0n) is 14.2. The van der Waals surface area contributed by atoms with E-state index in [4.69, 9.17) is 5.11 Å². The van der Waals surface area contributed by atoms with Crippen LogP contribution >= 0.6 is 0 Å². The van der Waals surface area contributed by atoms with Gasteiger partial charge in [0, 0.05) is 30.0 Å². The molecule has 1 aromatic carbocycles. The van der Waals surface area contributed by atoms with Gasteiger partial charge in [-0.15, -0.1) is 0 Å². The van der Waals surface area contributed by atoms with E-state index in [2.05, 4.69) is 10.4 Å². The highest BCUT2D eigenvalue weighted by atomic mass is 16.3. The summed E-state index contributed by atoms with van der Waals surface area (Å²) in [7, 11) is 0. The number of aliphatic hydroxyl groups is 1. The number of nitrogens with zero attached hydrogens (tertiary/aromatic N) is 3. The fraction of sp³-hybridized carbons (Fsp3) is 0.444. The summed E-state index contributed by atoms with van der Waals surface area (Å²) in [6, 6.07) is 9.62. The fourth-order valence-electron chi connectivity index (χ4n) is 3.26. The van der Waals surface area contributed by atoms with Crippen molar-refractivity contribution in [1.29, 1.82) is 0 Å². The zero-order valence-corrected chi connectivity index (χ0v) is 14.2. The fourth-order valence-corrected chi connectivity index (χ4v) is 3.26. The SMILES string of the molecule is Cc1nn(CCO)c(C)c1CNC1CCN(c2ccccc2)C1=O. The number of rotatable bonds is 6. The normalized spacial score (nSPS) is 17.7. The molecule has 3 rings (SSSR count). The molecule has 24 heavy (non-hydrogen) atoms. The molecule has 1 saturated heterocycles. The molecule has 1 atom stereocenters. The summed E-state index contributed by atoms with van der Waals surface area (Å²) in [5, 5.41) is 16.9. The van der Waals surface area contributed by atoms with E-state index in [0.717, 1.165) is 35.6 Å². The molecule has 0 radical (unpaired) electrons. The Labute approximate surface area is 142 Å². The summed E-state index contributed by atoms with van der Waals surface area (Å²) in [5.74, 6) is 0.124. The number of anilines is 1. The van der Waals surface area contributed by atoms with E-state index in [9.17, 15) is 4.79 Å². The van der Waals surface area contributed by atoms with Crippen LogP contribution in [0.1, 0.15) is 23.4 Å². The molecule has 0 spiro atoms. The summed E-state index contributed by atoms with van der Waals surface area (Å²) < 4.78 is 1.82. The van der Waals surface area contributed by atoms with E-state index in [0.29, 0.717) is 13.1 Å². The molecule has 0 bridgehead atoms. The monoisotopic (exact) mass is 328 g/mol. The summed E-state index contributed by atoms with van der Waals surface area (Å²) in [6.45, 7) is 5.88. The van der Waals surface area contributed by atoms with Crippen molar-refractivity contribution in [1.82, 2.24) is 15.1 Å². The van der Waals surface area contributed by atoms with Crippen LogP contribution in [0.25, 0.3) is 0 Å². The third kappa shape index (κ3) is 3.20. The van der Waals surface area contributed by atoms with Gasteiger partial charge in [0.2, 0.25) is 5.91 Å². The third-order valence-electron chi connectivity index (χ3n) is 4.64. The molecule has 128 valence electrons. The Morgan fingerprint density at radius 3 is 2.75 bits per heavy atom. The number of hydrogen-bond donors (Lipinski definition) is 2. The predicted molar refractivity (Wildman–Crippen MR) is 92.8 cm³/mol. The maximum atomic E-state index is 12.6. The topological polar surface area (TPSA) is 70.4 Å². The highest BCUT2D eigenvalue weighted by molar-refractivity contribution is 5.99. The number of aromatic nitrogens is 2. The summed E-state index contributed by atoms with van der Waals surface area (Å²) >= 11 is 0. The Hall–Kier alpha value is -2.18. The Morgan fingerprint density at radius 2 is 2.04 bits per heavy atom. The first kappa shape index (κ1) is 16.7. The molecule has 1 aromatic heterocycles. The van der Waals surface area contributed by atoms with Crippen molar-refractivity contribution in [2.24, 2.45) is 0 Å². The minimum atomic E-state index is -0.162. The first-order valence-electron chi connectivity index (χ1n) is 8.35. The highest BCUT2D eigenvalue weighted by Crippen LogP contribution is 2.22. The van der Waals surface area contributed by atoms with Crippen LogP contribution in [0.15, 0.2) is 30.3 Å². The standard InChI is InChI=1S/C18H24N4O2/c1-13-16(14(2)22(20-13)10-11-23)12-19-17-8-9-21(18(17)24)15-6-4-3-5-7-15/h3-7,17,19,23H,8-12H2,1-2H3. The van der Waals surface area contributed by atoms with Crippen LogP contribution in [0.3, 0.4) is 0 Å². The van der Waals surface area contributed by atoms with Crippen LogP contribution in [-0.4, -0.2) is 40.0 Å². The molecule has 1 amide bonds. The largest absolute Gasteiger partial charge is 0.394 e. The van der Waals surface area contributed by atoms with Gasteiger partial charge in [-0.2, -0.15) is 5.10 Å². The van der Waals surface area contributed by atoms with Crippen LogP contribution in [0.5, 0.6) is 0 Å². The van der Waals surface area contributed by atoms with Crippen molar-refractivity contribution in [2.75, 3.05) is 18.1 Å². The smallest absolute Gasteiger partial charge is 0.244 e. The lowest BCUT2D eigenvalue weighted by Gasteiger charge is -2.17. The van der Waals surface area contributed by atoms with E-state index >= 15 is 0 Å². The number of nitrogens with one attached hydrogen (secondary N) is 1. The van der Waals surface area contributed by atoms with E-state index in [-0.39, 0.29) is 18.6 Å². The van der Waals surface area contributed by atoms with Crippen molar-refractivity contribution < 1.29 is 9.90 Å². The summed E-state index contributed by atoms with van der Waals surface area (Å²) in [5.41, 5.74) is 4.04. The first-order chi connectivity index (χ1) is 11.6. The van der Waals surface area contributed by atoms with E-state index in [1.807, 2.05) is 53.8 Å². The molecule has 2 N–H and O–H groups in total. The Morgan fingerprint density at radius 1 is 1.29 bits per heavy atom. The second-order valence-electron chi connectivity index (χ2n) is 6.14. The minimum absolute atomic E-state index is 0.0714. The molecule has 6 nitrogen and oxygen atoms in total. The van der Waals surface area contributed by atoms with Crippen molar-refractivity contribution in [3.63, 3.8) is 0 Å². The van der Waals surface area contributed by atoms with Crippen LogP contribution in [0, 0.1) is 13.8 Å². The van der Waals surface area contributed by atoms with Crippen molar-refractivity contribution in [2.45, 2.75) is 39.4 Å². The summed E-state index contributed by atoms with van der Waals surface area (Å²) in [4.78, 5) is 14.5. The van der Waals surface area contributed by atoms with Crippen LogP contribution in [0.2, 0.25) is 0 Å². The van der Waals surface area contributed by atoms with Gasteiger partial charge in [-0.1, -0.05) is 18.2 Å². The van der Waals surface area contributed by atoms with Gasteiger partial charge in [0.25, 0.3) is 0 Å². The molecule has 1 aliphatic heterocycles. The number of carbonyl (C=O) groups excluding carboxylic acids is 1. The lowest BCUT2D eigenvalue weighted by molar-refractivity contribution is -0.118. The minimum Gasteiger partial charge on any atom is -0.394 e. The number of carbonyl (C=O) groups is 1. The molecule has 0 aliphatic carbocycles. The van der Waals surface area contributed by atoms with Crippen molar-refractivity contribution >= 4 is 11.6 Å². The first-order valence-corrected chi connectivity index (χ1v) is 8.35. The number of aryl methyl sites for hydroxylation is 1. The van der Waals surface area contributed by atoms with Gasteiger partial charge >= 0.3 is 0 Å². The Balaban J connectivity index is 1.65. The van der Waals surface area contributed by atoms with E-state index < -0.39 is 0 Å². The van der Waals surface area contributed by atoms with E-state index in [1.165, 1.54) is 0 Å². The van der Waals surface area contributed by atoms with Gasteiger partial charge in [-0.05, 0) is 32.4 Å². The third-order valence-corrected chi connectivity index (χ3v) is 4.64. The number of amides is 1. The molecule has 0 saturated carbocycles. The summed E-state index contributed by atoms with van der Waals surface area (Å²) in [6.07, 6.45) is 0.802.